The van der Waals surface area contributed by atoms with Gasteiger partial charge in [-0.15, -0.1) is 0 Å². The van der Waals surface area contributed by atoms with Gasteiger partial charge in [0.1, 0.15) is 0 Å². The van der Waals surface area contributed by atoms with Crippen molar-refractivity contribution < 1.29 is 48.5 Å². The van der Waals surface area contributed by atoms with E-state index < -0.39 is 52.0 Å². The first-order valence-electron chi connectivity index (χ1n) is 9.21. The van der Waals surface area contributed by atoms with E-state index in [-0.39, 0.29) is 10.6 Å². The first-order chi connectivity index (χ1) is 16.1. The zero-order valence-corrected chi connectivity index (χ0v) is 19.7. The maximum absolute atomic E-state index is 12.2. The van der Waals surface area contributed by atoms with Crippen molar-refractivity contribution in [3.63, 3.8) is 0 Å². The molecule has 0 atom stereocenters. The van der Waals surface area contributed by atoms with Crippen LogP contribution in [0.4, 0.5) is 5.69 Å². The minimum atomic E-state index is -4.46. The Bertz CT molecular complexity index is 1560. The van der Waals surface area contributed by atoms with E-state index >= 15 is 0 Å². The van der Waals surface area contributed by atoms with Gasteiger partial charge in [0, 0.05) is 0 Å². The second-order valence-corrected chi connectivity index (χ2v) is 11.1. The standard InChI is InChI=1S/C14H9NO5S.C6H6O6S2/c16-13-11-3-1-2-4-12(11)14(17)15(13)9-5-7-10(8-6-9)21(18,19)20;7-13(8,9)5-2-1-3-6(4-5)14(10,11)12/h1-8H,(H,18,19,20);1-4H,(H,7,8,9)(H,10,11,12). The summed E-state index contributed by atoms with van der Waals surface area (Å²) in [6.45, 7) is 0. The summed E-state index contributed by atoms with van der Waals surface area (Å²) in [6, 6.07) is 15.1. The average molecular weight is 542 g/mol. The lowest BCUT2D eigenvalue weighted by molar-refractivity contribution is 0.0926. The van der Waals surface area contributed by atoms with Gasteiger partial charge < -0.3 is 0 Å². The number of nitrogens with zero attached hydrogens (tertiary/aromatic N) is 1. The molecule has 4 rings (SSSR count). The van der Waals surface area contributed by atoms with Crippen LogP contribution in [0.25, 0.3) is 0 Å². The Morgan fingerprint density at radius 1 is 0.514 bits per heavy atom. The lowest BCUT2D eigenvalue weighted by Crippen LogP contribution is -2.29. The van der Waals surface area contributed by atoms with Crippen molar-refractivity contribution in [3.05, 3.63) is 83.9 Å². The molecule has 0 fully saturated rings. The van der Waals surface area contributed by atoms with E-state index in [1.807, 2.05) is 0 Å². The molecule has 0 radical (unpaired) electrons. The molecule has 1 aliphatic rings. The maximum Gasteiger partial charge on any atom is 0.294 e. The Hall–Kier alpha value is -3.47. The number of carbonyl (C=O) groups excluding carboxylic acids is 2. The lowest BCUT2D eigenvalue weighted by Gasteiger charge is -2.13. The Kier molecular flexibility index (Phi) is 6.94. The molecule has 0 saturated carbocycles. The highest BCUT2D eigenvalue weighted by Gasteiger charge is 2.36. The summed E-state index contributed by atoms with van der Waals surface area (Å²) in [5.74, 6) is -0.926. The molecule has 0 saturated heterocycles. The fraction of sp³-hybridized carbons (Fsp3) is 0. The molecule has 0 aliphatic carbocycles. The van der Waals surface area contributed by atoms with Gasteiger partial charge >= 0.3 is 0 Å². The fourth-order valence-electron chi connectivity index (χ4n) is 2.99. The van der Waals surface area contributed by atoms with Crippen LogP contribution in [0.1, 0.15) is 20.7 Å². The van der Waals surface area contributed by atoms with Gasteiger partial charge in [0.15, 0.2) is 0 Å². The summed E-state index contributed by atoms with van der Waals surface area (Å²) in [4.78, 5) is 23.9. The summed E-state index contributed by atoms with van der Waals surface area (Å²) >= 11 is 0. The van der Waals surface area contributed by atoms with Crippen molar-refractivity contribution >= 4 is 47.9 Å². The van der Waals surface area contributed by atoms with E-state index in [1.165, 1.54) is 12.1 Å². The number of imide groups is 1. The molecule has 184 valence electrons. The van der Waals surface area contributed by atoms with Gasteiger partial charge in [0.25, 0.3) is 42.2 Å². The van der Waals surface area contributed by atoms with Crippen LogP contribution in [0.3, 0.4) is 0 Å². The highest BCUT2D eigenvalue weighted by molar-refractivity contribution is 7.86. The van der Waals surface area contributed by atoms with Crippen molar-refractivity contribution in [1.82, 2.24) is 0 Å². The van der Waals surface area contributed by atoms with Crippen LogP contribution in [-0.2, 0) is 30.4 Å². The second-order valence-electron chi connectivity index (χ2n) is 6.89. The molecule has 1 heterocycles. The molecule has 0 unspecified atom stereocenters. The van der Waals surface area contributed by atoms with Crippen LogP contribution in [-0.4, -0.2) is 50.7 Å². The van der Waals surface area contributed by atoms with Gasteiger partial charge in [0.05, 0.1) is 31.5 Å². The fourth-order valence-corrected chi connectivity index (χ4v) is 4.59. The number of anilines is 1. The Morgan fingerprint density at radius 2 is 0.914 bits per heavy atom. The highest BCUT2D eigenvalue weighted by Crippen LogP contribution is 2.28. The molecule has 3 N–H and O–H groups in total. The minimum Gasteiger partial charge on any atom is -0.282 e. The Morgan fingerprint density at radius 3 is 1.29 bits per heavy atom. The Labute approximate surface area is 199 Å². The monoisotopic (exact) mass is 541 g/mol. The zero-order chi connectivity index (χ0) is 26.2. The quantitative estimate of drug-likeness (QED) is 0.322. The number of carbonyl (C=O) groups is 2. The number of amides is 2. The summed E-state index contributed by atoms with van der Waals surface area (Å²) in [7, 11) is -13.2. The normalized spacial score (nSPS) is 13.7. The number of hydrogen-bond donors (Lipinski definition) is 3. The van der Waals surface area contributed by atoms with E-state index in [2.05, 4.69) is 0 Å². The van der Waals surface area contributed by atoms with Crippen molar-refractivity contribution in [2.24, 2.45) is 0 Å². The van der Waals surface area contributed by atoms with Crippen LogP contribution < -0.4 is 4.90 Å². The number of hydrogen-bond acceptors (Lipinski definition) is 8. The molecular formula is C20H15NO11S3. The molecular weight excluding hydrogens is 526 g/mol. The van der Waals surface area contributed by atoms with E-state index in [1.54, 1.807) is 24.3 Å². The third kappa shape index (κ3) is 5.79. The summed E-state index contributed by atoms with van der Waals surface area (Å²) in [6.07, 6.45) is 0. The van der Waals surface area contributed by atoms with Crippen LogP contribution in [0.15, 0.2) is 87.5 Å². The van der Waals surface area contributed by atoms with E-state index in [4.69, 9.17) is 13.7 Å². The molecule has 2 amide bonds. The van der Waals surface area contributed by atoms with Gasteiger partial charge in [-0.25, -0.2) is 4.90 Å². The summed E-state index contributed by atoms with van der Waals surface area (Å²) < 4.78 is 90.4. The summed E-state index contributed by atoms with van der Waals surface area (Å²) in [5, 5.41) is 0. The van der Waals surface area contributed by atoms with Gasteiger partial charge in [-0.1, -0.05) is 18.2 Å². The van der Waals surface area contributed by atoms with Crippen molar-refractivity contribution in [3.8, 4) is 0 Å². The van der Waals surface area contributed by atoms with Gasteiger partial charge in [-0.3, -0.25) is 23.2 Å². The van der Waals surface area contributed by atoms with Gasteiger partial charge in [-0.05, 0) is 54.6 Å². The van der Waals surface area contributed by atoms with Crippen LogP contribution in [0.5, 0.6) is 0 Å². The molecule has 1 aliphatic heterocycles. The number of rotatable bonds is 4. The minimum absolute atomic E-state index is 0.244. The van der Waals surface area contributed by atoms with Crippen molar-refractivity contribution in [2.75, 3.05) is 4.90 Å². The van der Waals surface area contributed by atoms with Gasteiger partial charge in [0.2, 0.25) is 0 Å². The SMILES string of the molecule is O=C1c2ccccc2C(=O)N1c1ccc(S(=O)(=O)O)cc1.O=S(=O)(O)c1cccc(S(=O)(=O)O)c1. The average Bonchev–Trinajstić information content (AvgIpc) is 3.03. The van der Waals surface area contributed by atoms with E-state index in [0.717, 1.165) is 35.2 Å². The predicted molar refractivity (Wildman–Crippen MR) is 120 cm³/mol. The van der Waals surface area contributed by atoms with Crippen LogP contribution in [0.2, 0.25) is 0 Å². The molecule has 0 aromatic heterocycles. The third-order valence-corrected chi connectivity index (χ3v) is 7.16. The molecule has 0 spiro atoms. The predicted octanol–water partition coefficient (Wildman–Crippen LogP) is 1.91. The zero-order valence-electron chi connectivity index (χ0n) is 17.2. The first-order valence-corrected chi connectivity index (χ1v) is 13.5. The van der Waals surface area contributed by atoms with Crippen LogP contribution >= 0.6 is 0 Å². The molecule has 35 heavy (non-hydrogen) atoms. The Balaban J connectivity index is 0.000000214. The maximum atomic E-state index is 12.2. The smallest absolute Gasteiger partial charge is 0.282 e. The van der Waals surface area contributed by atoms with Crippen molar-refractivity contribution in [2.45, 2.75) is 14.7 Å². The molecule has 3 aromatic carbocycles. The van der Waals surface area contributed by atoms with Gasteiger partial charge in [-0.2, -0.15) is 25.3 Å². The third-order valence-electron chi connectivity index (χ3n) is 4.59. The topological polar surface area (TPSA) is 200 Å². The molecule has 3 aromatic rings. The van der Waals surface area contributed by atoms with Crippen molar-refractivity contribution in [1.29, 1.82) is 0 Å². The second kappa shape index (κ2) is 9.29. The molecule has 12 nitrogen and oxygen atoms in total. The number of benzene rings is 3. The first kappa shape index (κ1) is 26.1. The highest BCUT2D eigenvalue weighted by atomic mass is 32.2. The summed E-state index contributed by atoms with van der Waals surface area (Å²) in [5.41, 5.74) is 0.858. The lowest BCUT2D eigenvalue weighted by atomic mass is 10.1. The largest absolute Gasteiger partial charge is 0.294 e. The molecule has 0 bridgehead atoms. The number of fused-ring (bicyclic) bond motifs is 1. The van der Waals surface area contributed by atoms with E-state index in [9.17, 15) is 34.8 Å². The molecule has 15 heteroatoms. The van der Waals surface area contributed by atoms with E-state index in [0.29, 0.717) is 17.2 Å². The van der Waals surface area contributed by atoms with Crippen LogP contribution in [0, 0.1) is 0 Å².